The molecule has 3 nitrogen and oxygen atoms in total. The van der Waals surface area contributed by atoms with Crippen molar-refractivity contribution >= 4 is 17.6 Å². The van der Waals surface area contributed by atoms with Gasteiger partial charge in [0.05, 0.1) is 5.70 Å². The highest BCUT2D eigenvalue weighted by atomic mass is 14.8. The van der Waals surface area contributed by atoms with E-state index in [1.165, 1.54) is 0 Å². The lowest BCUT2D eigenvalue weighted by molar-refractivity contribution is 1.28. The van der Waals surface area contributed by atoms with Crippen molar-refractivity contribution in [2.75, 3.05) is 5.73 Å². The van der Waals surface area contributed by atoms with Gasteiger partial charge in [-0.25, -0.2) is 4.98 Å². The van der Waals surface area contributed by atoms with E-state index in [1.807, 2.05) is 19.1 Å². The fourth-order valence-electron chi connectivity index (χ4n) is 1.11. The molecule has 0 spiro atoms. The van der Waals surface area contributed by atoms with E-state index in [1.54, 1.807) is 12.4 Å². The van der Waals surface area contributed by atoms with Crippen LogP contribution in [0, 0.1) is 0 Å². The Morgan fingerprint density at radius 2 is 2.33 bits per heavy atom. The summed E-state index contributed by atoms with van der Waals surface area (Å²) in [6.07, 6.45) is 4.30. The molecule has 0 saturated heterocycles. The number of nitrogens with zero attached hydrogens (tertiary/aromatic N) is 2. The van der Waals surface area contributed by atoms with Crippen LogP contribution in [0.25, 0.3) is 5.57 Å². The molecule has 1 rings (SSSR count). The van der Waals surface area contributed by atoms with Crippen molar-refractivity contribution < 1.29 is 0 Å². The summed E-state index contributed by atoms with van der Waals surface area (Å²) in [6.45, 7) is 9.75. The Bertz CT molecular complexity index is 405. The quantitative estimate of drug-likeness (QED) is 0.601. The average Bonchev–Trinajstić information content (AvgIpc) is 2.25. The molecule has 0 aliphatic rings. The Morgan fingerprint density at radius 1 is 1.60 bits per heavy atom. The van der Waals surface area contributed by atoms with Crippen LogP contribution in [0.15, 0.2) is 42.2 Å². The van der Waals surface area contributed by atoms with Crippen LogP contribution in [0.4, 0.5) is 5.82 Å². The lowest BCUT2D eigenvalue weighted by atomic mass is 10.1. The Kier molecular flexibility index (Phi) is 3.80. The first-order valence-corrected chi connectivity index (χ1v) is 4.78. The van der Waals surface area contributed by atoms with Gasteiger partial charge >= 0.3 is 0 Å². The van der Waals surface area contributed by atoms with Crippen LogP contribution in [-0.2, 0) is 0 Å². The molecule has 0 amide bonds. The highest BCUT2D eigenvalue weighted by Gasteiger charge is 2.05. The van der Waals surface area contributed by atoms with E-state index in [9.17, 15) is 0 Å². The van der Waals surface area contributed by atoms with E-state index >= 15 is 0 Å². The van der Waals surface area contributed by atoms with Crippen molar-refractivity contribution in [3.8, 4) is 0 Å². The maximum Gasteiger partial charge on any atom is 0.131 e. The van der Waals surface area contributed by atoms with E-state index in [0.29, 0.717) is 17.1 Å². The van der Waals surface area contributed by atoms with Gasteiger partial charge in [-0.1, -0.05) is 20.1 Å². The zero-order valence-electron chi connectivity index (χ0n) is 8.90. The van der Waals surface area contributed by atoms with E-state index in [0.717, 1.165) is 12.0 Å². The minimum atomic E-state index is 0.454. The average molecular weight is 201 g/mol. The standard InChI is InChI=1S/C12H15N3/c1-4-7-14-10(3)9(2)11-6-5-8-15-12(11)13/h5-8H,2-4H2,1H3,(H2,13,15). The minimum Gasteiger partial charge on any atom is -0.383 e. The lowest BCUT2D eigenvalue weighted by Crippen LogP contribution is -1.96. The predicted molar refractivity (Wildman–Crippen MR) is 65.6 cm³/mol. The van der Waals surface area contributed by atoms with Crippen LogP contribution in [0.2, 0.25) is 0 Å². The Hall–Kier alpha value is -1.90. The summed E-state index contributed by atoms with van der Waals surface area (Å²) in [6, 6.07) is 3.67. The second kappa shape index (κ2) is 5.10. The van der Waals surface area contributed by atoms with E-state index < -0.39 is 0 Å². The smallest absolute Gasteiger partial charge is 0.131 e. The summed E-state index contributed by atoms with van der Waals surface area (Å²) < 4.78 is 0. The molecule has 1 aromatic heterocycles. The molecular weight excluding hydrogens is 186 g/mol. The number of aliphatic imine (C=N–C) groups is 1. The van der Waals surface area contributed by atoms with Crippen LogP contribution >= 0.6 is 0 Å². The number of allylic oxidation sites excluding steroid dienone is 1. The van der Waals surface area contributed by atoms with Crippen LogP contribution in [0.5, 0.6) is 0 Å². The molecule has 2 N–H and O–H groups in total. The van der Waals surface area contributed by atoms with Crippen LogP contribution in [0.1, 0.15) is 18.9 Å². The predicted octanol–water partition coefficient (Wildman–Crippen LogP) is 2.67. The van der Waals surface area contributed by atoms with Gasteiger partial charge in [-0.2, -0.15) is 0 Å². The maximum atomic E-state index is 5.72. The van der Waals surface area contributed by atoms with Crippen molar-refractivity contribution in [1.29, 1.82) is 0 Å². The molecule has 0 bridgehead atoms. The molecule has 78 valence electrons. The molecule has 1 aromatic rings. The van der Waals surface area contributed by atoms with Gasteiger partial charge in [0, 0.05) is 23.5 Å². The van der Waals surface area contributed by atoms with Gasteiger partial charge in [-0.05, 0) is 18.6 Å². The molecular formula is C12H15N3. The number of aromatic nitrogens is 1. The molecule has 1 heterocycles. The number of pyridine rings is 1. The summed E-state index contributed by atoms with van der Waals surface area (Å²) in [7, 11) is 0. The van der Waals surface area contributed by atoms with Crippen molar-refractivity contribution in [2.24, 2.45) is 4.99 Å². The van der Waals surface area contributed by atoms with Gasteiger partial charge in [0.2, 0.25) is 0 Å². The normalized spacial score (nSPS) is 10.5. The zero-order valence-corrected chi connectivity index (χ0v) is 8.90. The second-order valence-corrected chi connectivity index (χ2v) is 3.08. The van der Waals surface area contributed by atoms with Gasteiger partial charge < -0.3 is 5.73 Å². The van der Waals surface area contributed by atoms with Gasteiger partial charge in [-0.15, -0.1) is 0 Å². The van der Waals surface area contributed by atoms with Crippen molar-refractivity contribution in [3.63, 3.8) is 0 Å². The van der Waals surface area contributed by atoms with Crippen molar-refractivity contribution in [1.82, 2.24) is 4.98 Å². The molecule has 0 unspecified atom stereocenters. The molecule has 3 heteroatoms. The van der Waals surface area contributed by atoms with Crippen LogP contribution in [0.3, 0.4) is 0 Å². The molecule has 0 aliphatic heterocycles. The number of rotatable bonds is 4. The van der Waals surface area contributed by atoms with Gasteiger partial charge in [0.25, 0.3) is 0 Å². The van der Waals surface area contributed by atoms with Gasteiger partial charge in [0.1, 0.15) is 5.82 Å². The maximum absolute atomic E-state index is 5.72. The first-order chi connectivity index (χ1) is 7.16. The topological polar surface area (TPSA) is 51.3 Å². The Balaban J connectivity index is 2.91. The molecule has 0 radical (unpaired) electrons. The first kappa shape index (κ1) is 11.2. The summed E-state index contributed by atoms with van der Waals surface area (Å²) >= 11 is 0. The van der Waals surface area contributed by atoms with E-state index in [-0.39, 0.29) is 0 Å². The molecule has 0 aliphatic carbocycles. The van der Waals surface area contributed by atoms with Gasteiger partial charge in [0.15, 0.2) is 0 Å². The van der Waals surface area contributed by atoms with Crippen molar-refractivity contribution in [3.05, 3.63) is 42.7 Å². The molecule has 0 saturated carbocycles. The lowest BCUT2D eigenvalue weighted by Gasteiger charge is -2.06. The van der Waals surface area contributed by atoms with Crippen LogP contribution in [-0.4, -0.2) is 11.2 Å². The molecule has 0 atom stereocenters. The Labute approximate surface area is 90.1 Å². The largest absolute Gasteiger partial charge is 0.383 e. The van der Waals surface area contributed by atoms with E-state index in [4.69, 9.17) is 5.73 Å². The SMILES string of the molecule is C=C(N=CCC)C(=C)c1cccnc1N. The summed E-state index contributed by atoms with van der Waals surface area (Å²) in [4.78, 5) is 8.14. The number of anilines is 1. The number of hydrogen-bond acceptors (Lipinski definition) is 3. The fourth-order valence-corrected chi connectivity index (χ4v) is 1.11. The summed E-state index contributed by atoms with van der Waals surface area (Å²) in [5, 5.41) is 0. The summed E-state index contributed by atoms with van der Waals surface area (Å²) in [5.74, 6) is 0.454. The third-order valence-electron chi connectivity index (χ3n) is 1.94. The van der Waals surface area contributed by atoms with E-state index in [2.05, 4.69) is 23.1 Å². The summed E-state index contributed by atoms with van der Waals surface area (Å²) in [5.41, 5.74) is 7.85. The van der Waals surface area contributed by atoms with Crippen LogP contribution < -0.4 is 5.73 Å². The fraction of sp³-hybridized carbons (Fsp3) is 0.167. The molecule has 15 heavy (non-hydrogen) atoms. The monoisotopic (exact) mass is 201 g/mol. The molecule has 0 fully saturated rings. The Morgan fingerprint density at radius 3 is 2.93 bits per heavy atom. The highest BCUT2D eigenvalue weighted by Crippen LogP contribution is 2.23. The zero-order chi connectivity index (χ0) is 11.3. The number of hydrogen-bond donors (Lipinski definition) is 1. The number of nitrogen functional groups attached to an aromatic ring is 1. The highest BCUT2D eigenvalue weighted by molar-refractivity contribution is 5.82. The van der Waals surface area contributed by atoms with Gasteiger partial charge in [-0.3, -0.25) is 4.99 Å². The third-order valence-corrected chi connectivity index (χ3v) is 1.94. The third kappa shape index (κ3) is 2.77. The van der Waals surface area contributed by atoms with Crippen molar-refractivity contribution in [2.45, 2.75) is 13.3 Å². The molecule has 0 aromatic carbocycles. The minimum absolute atomic E-state index is 0.454. The second-order valence-electron chi connectivity index (χ2n) is 3.08. The number of nitrogens with two attached hydrogens (primary N) is 1. The first-order valence-electron chi connectivity index (χ1n) is 4.78.